The van der Waals surface area contributed by atoms with Crippen molar-refractivity contribution in [3.63, 3.8) is 0 Å². The first-order chi connectivity index (χ1) is 5.67. The molecule has 12 heavy (non-hydrogen) atoms. The van der Waals surface area contributed by atoms with Crippen LogP contribution in [0.5, 0.6) is 0 Å². The van der Waals surface area contributed by atoms with Crippen LogP contribution in [0.3, 0.4) is 0 Å². The van der Waals surface area contributed by atoms with Gasteiger partial charge in [0.2, 0.25) is 0 Å². The Labute approximate surface area is 72.6 Å². The molecule has 0 aromatic rings. The Morgan fingerprint density at radius 3 is 3.08 bits per heavy atom. The normalized spacial score (nSPS) is 45.3. The van der Waals surface area contributed by atoms with Crippen LogP contribution in [0, 0.1) is 11.8 Å². The summed E-state index contributed by atoms with van der Waals surface area (Å²) in [6.45, 7) is 2.03. The molecule has 0 bridgehead atoms. The van der Waals surface area contributed by atoms with Crippen molar-refractivity contribution in [1.82, 2.24) is 0 Å². The lowest BCUT2D eigenvalue weighted by atomic mass is 9.90. The minimum Gasteiger partial charge on any atom is -0.377 e. The lowest BCUT2D eigenvalue weighted by Crippen LogP contribution is -2.31. The molecule has 0 spiro atoms. The molecule has 2 heteroatoms. The van der Waals surface area contributed by atoms with Gasteiger partial charge in [-0.3, -0.25) is 4.79 Å². The van der Waals surface area contributed by atoms with E-state index in [1.54, 1.807) is 7.11 Å². The average Bonchev–Trinajstić information content (AvgIpc) is 2.58. The van der Waals surface area contributed by atoms with Crippen LogP contribution in [0.15, 0.2) is 12.2 Å². The summed E-state index contributed by atoms with van der Waals surface area (Å²) in [5, 5.41) is 0. The first-order valence-electron chi connectivity index (χ1n) is 4.42. The molecule has 0 heterocycles. The summed E-state index contributed by atoms with van der Waals surface area (Å²) < 4.78 is 5.41. The van der Waals surface area contributed by atoms with Gasteiger partial charge in [0.1, 0.15) is 5.78 Å². The smallest absolute Gasteiger partial charge is 0.139 e. The number of allylic oxidation sites excluding steroid dienone is 1. The van der Waals surface area contributed by atoms with Crippen molar-refractivity contribution in [2.24, 2.45) is 11.8 Å². The summed E-state index contributed by atoms with van der Waals surface area (Å²) in [5.74, 6) is 0.916. The van der Waals surface area contributed by atoms with E-state index >= 15 is 0 Å². The number of hydrogen-bond donors (Lipinski definition) is 0. The van der Waals surface area contributed by atoms with Gasteiger partial charge in [0, 0.05) is 25.4 Å². The highest BCUT2D eigenvalue weighted by atomic mass is 16.5. The molecule has 0 aromatic carbocycles. The van der Waals surface area contributed by atoms with E-state index in [-0.39, 0.29) is 11.5 Å². The van der Waals surface area contributed by atoms with Crippen molar-refractivity contribution in [2.75, 3.05) is 7.11 Å². The highest BCUT2D eigenvalue weighted by molar-refractivity contribution is 5.86. The van der Waals surface area contributed by atoms with Crippen molar-refractivity contribution in [3.8, 4) is 0 Å². The van der Waals surface area contributed by atoms with Gasteiger partial charge in [0.25, 0.3) is 0 Å². The summed E-state index contributed by atoms with van der Waals surface area (Å²) in [7, 11) is 1.70. The fourth-order valence-corrected chi connectivity index (χ4v) is 2.42. The molecule has 0 saturated heterocycles. The van der Waals surface area contributed by atoms with Crippen molar-refractivity contribution < 1.29 is 9.53 Å². The van der Waals surface area contributed by atoms with E-state index in [4.69, 9.17) is 4.74 Å². The zero-order chi connectivity index (χ0) is 8.77. The van der Waals surface area contributed by atoms with Gasteiger partial charge in [-0.2, -0.15) is 0 Å². The number of hydrogen-bond acceptors (Lipinski definition) is 2. The molecule has 2 rings (SSSR count). The molecule has 3 atom stereocenters. The third-order valence-corrected chi connectivity index (χ3v) is 3.28. The number of rotatable bonds is 1. The Bertz CT molecular complexity index is 244. The average molecular weight is 166 g/mol. The zero-order valence-electron chi connectivity index (χ0n) is 7.54. The van der Waals surface area contributed by atoms with Crippen LogP contribution in [0.25, 0.3) is 0 Å². The van der Waals surface area contributed by atoms with Crippen molar-refractivity contribution in [2.45, 2.75) is 25.4 Å². The molecule has 2 aliphatic carbocycles. The van der Waals surface area contributed by atoms with Crippen LogP contribution in [-0.4, -0.2) is 18.5 Å². The predicted molar refractivity (Wildman–Crippen MR) is 45.8 cm³/mol. The molecule has 0 N–H and O–H groups in total. The van der Waals surface area contributed by atoms with Gasteiger partial charge in [-0.15, -0.1) is 0 Å². The van der Waals surface area contributed by atoms with Gasteiger partial charge in [-0.25, -0.2) is 0 Å². The summed E-state index contributed by atoms with van der Waals surface area (Å²) in [4.78, 5) is 11.5. The number of ether oxygens (including phenoxy) is 1. The molecule has 66 valence electrons. The number of methoxy groups -OCH3 is 1. The van der Waals surface area contributed by atoms with Gasteiger partial charge >= 0.3 is 0 Å². The van der Waals surface area contributed by atoms with Gasteiger partial charge in [0.05, 0.1) is 5.60 Å². The van der Waals surface area contributed by atoms with Crippen molar-refractivity contribution in [3.05, 3.63) is 12.2 Å². The van der Waals surface area contributed by atoms with E-state index in [0.717, 1.165) is 6.42 Å². The van der Waals surface area contributed by atoms with Crippen LogP contribution in [-0.2, 0) is 9.53 Å². The Morgan fingerprint density at radius 2 is 2.42 bits per heavy atom. The summed E-state index contributed by atoms with van der Waals surface area (Å²) in [6.07, 6.45) is 5.74. The second-order valence-corrected chi connectivity index (χ2v) is 3.96. The Morgan fingerprint density at radius 1 is 1.67 bits per heavy atom. The molecule has 2 aliphatic rings. The third kappa shape index (κ3) is 0.876. The van der Waals surface area contributed by atoms with E-state index in [2.05, 4.69) is 12.2 Å². The van der Waals surface area contributed by atoms with Crippen LogP contribution in [0.4, 0.5) is 0 Å². The SMILES string of the molecule is COC1(C)CC(=O)C2CC=CC21. The first-order valence-corrected chi connectivity index (χ1v) is 4.42. The number of fused-ring (bicyclic) bond motifs is 1. The lowest BCUT2D eigenvalue weighted by molar-refractivity contribution is -0.121. The van der Waals surface area contributed by atoms with Crippen molar-refractivity contribution >= 4 is 5.78 Å². The maximum absolute atomic E-state index is 11.5. The Balaban J connectivity index is 2.30. The first kappa shape index (κ1) is 7.99. The molecule has 1 saturated carbocycles. The van der Waals surface area contributed by atoms with E-state index in [9.17, 15) is 4.79 Å². The number of carbonyl (C=O) groups excluding carboxylic acids is 1. The number of carbonyl (C=O) groups is 1. The molecule has 1 fully saturated rings. The van der Waals surface area contributed by atoms with E-state index < -0.39 is 0 Å². The zero-order valence-corrected chi connectivity index (χ0v) is 7.54. The standard InChI is InChI=1S/C10H14O2/c1-10(12-2)6-9(11)7-4-3-5-8(7)10/h3,5,7-8H,4,6H2,1-2H3. The largest absolute Gasteiger partial charge is 0.377 e. The quantitative estimate of drug-likeness (QED) is 0.552. The summed E-state index contributed by atoms with van der Waals surface area (Å²) in [5.41, 5.74) is -0.227. The minimum atomic E-state index is -0.227. The van der Waals surface area contributed by atoms with Crippen LogP contribution < -0.4 is 0 Å². The highest BCUT2D eigenvalue weighted by Crippen LogP contribution is 2.45. The Hall–Kier alpha value is -0.630. The molecular formula is C10H14O2. The topological polar surface area (TPSA) is 26.3 Å². The van der Waals surface area contributed by atoms with Crippen LogP contribution >= 0.6 is 0 Å². The molecule has 0 radical (unpaired) electrons. The fraction of sp³-hybridized carbons (Fsp3) is 0.700. The third-order valence-electron chi connectivity index (χ3n) is 3.28. The summed E-state index contributed by atoms with van der Waals surface area (Å²) in [6, 6.07) is 0. The molecule has 0 amide bonds. The summed E-state index contributed by atoms with van der Waals surface area (Å²) >= 11 is 0. The maximum Gasteiger partial charge on any atom is 0.139 e. The Kier molecular flexibility index (Phi) is 1.62. The lowest BCUT2D eigenvalue weighted by Gasteiger charge is -2.27. The molecular weight excluding hydrogens is 152 g/mol. The van der Waals surface area contributed by atoms with Crippen LogP contribution in [0.2, 0.25) is 0 Å². The molecule has 2 nitrogen and oxygen atoms in total. The van der Waals surface area contributed by atoms with Gasteiger partial charge in [-0.05, 0) is 13.3 Å². The fourth-order valence-electron chi connectivity index (χ4n) is 2.42. The van der Waals surface area contributed by atoms with E-state index in [1.165, 1.54) is 0 Å². The highest BCUT2D eigenvalue weighted by Gasteiger charge is 2.50. The van der Waals surface area contributed by atoms with Gasteiger partial charge in [0.15, 0.2) is 0 Å². The molecule has 0 aliphatic heterocycles. The molecule has 0 aromatic heterocycles. The van der Waals surface area contributed by atoms with E-state index in [0.29, 0.717) is 18.1 Å². The number of ketones is 1. The van der Waals surface area contributed by atoms with Crippen LogP contribution in [0.1, 0.15) is 19.8 Å². The molecule has 3 unspecified atom stereocenters. The van der Waals surface area contributed by atoms with Gasteiger partial charge < -0.3 is 4.74 Å². The maximum atomic E-state index is 11.5. The number of Topliss-reactive ketones (excluding diaryl/α,β-unsaturated/α-hetero) is 1. The van der Waals surface area contributed by atoms with Gasteiger partial charge in [-0.1, -0.05) is 12.2 Å². The van der Waals surface area contributed by atoms with Crippen molar-refractivity contribution in [1.29, 1.82) is 0 Å². The second-order valence-electron chi connectivity index (χ2n) is 3.96. The predicted octanol–water partition coefficient (Wildman–Crippen LogP) is 1.56. The van der Waals surface area contributed by atoms with E-state index in [1.807, 2.05) is 6.92 Å². The minimum absolute atomic E-state index is 0.218. The monoisotopic (exact) mass is 166 g/mol. The second kappa shape index (κ2) is 2.43.